The van der Waals surface area contributed by atoms with Crippen LogP contribution in [-0.2, 0) is 11.2 Å². The molecule has 110 valence electrons. The Hall–Kier alpha value is -1.33. The van der Waals surface area contributed by atoms with Crippen molar-refractivity contribution in [2.75, 3.05) is 18.8 Å². The zero-order valence-electron chi connectivity index (χ0n) is 12.0. The maximum Gasteiger partial charge on any atom is 0.231 e. The van der Waals surface area contributed by atoms with E-state index >= 15 is 0 Å². The van der Waals surface area contributed by atoms with Crippen LogP contribution < -0.4 is 0 Å². The first-order valence-corrected chi connectivity index (χ1v) is 9.05. The Morgan fingerprint density at radius 2 is 2.29 bits per heavy atom. The van der Waals surface area contributed by atoms with E-state index in [1.165, 1.54) is 10.5 Å². The molecule has 0 spiro atoms. The Bertz CT molecular complexity index is 612. The number of aromatic nitrogens is 1. The summed E-state index contributed by atoms with van der Waals surface area (Å²) in [5.74, 6) is 1.14. The zero-order chi connectivity index (χ0) is 14.7. The molecular weight excluding hydrogens is 300 g/mol. The number of carbonyl (C=O) groups is 1. The SMILES string of the molecule is CCN(CCc1nccs1)C(=O)C1CSc2ccccc21. The number of thioether (sulfide) groups is 1. The van der Waals surface area contributed by atoms with Crippen LogP contribution in [0.2, 0.25) is 0 Å². The molecule has 0 saturated heterocycles. The number of nitrogens with zero attached hydrogens (tertiary/aromatic N) is 2. The first kappa shape index (κ1) is 14.6. The minimum atomic E-state index is 0.0162. The van der Waals surface area contributed by atoms with Crippen molar-refractivity contribution in [1.29, 1.82) is 0 Å². The summed E-state index contributed by atoms with van der Waals surface area (Å²) in [6.07, 6.45) is 2.67. The first-order valence-electron chi connectivity index (χ1n) is 7.18. The molecule has 1 aliphatic heterocycles. The van der Waals surface area contributed by atoms with Gasteiger partial charge in [-0.1, -0.05) is 18.2 Å². The minimum Gasteiger partial charge on any atom is -0.342 e. The van der Waals surface area contributed by atoms with Crippen LogP contribution in [0.3, 0.4) is 0 Å². The molecule has 21 heavy (non-hydrogen) atoms. The summed E-state index contributed by atoms with van der Waals surface area (Å²) >= 11 is 3.44. The van der Waals surface area contributed by atoms with Gasteiger partial charge in [0.15, 0.2) is 0 Å². The lowest BCUT2D eigenvalue weighted by Gasteiger charge is -2.24. The molecule has 2 heterocycles. The smallest absolute Gasteiger partial charge is 0.231 e. The fraction of sp³-hybridized carbons (Fsp3) is 0.375. The molecule has 1 amide bonds. The highest BCUT2D eigenvalue weighted by atomic mass is 32.2. The van der Waals surface area contributed by atoms with Gasteiger partial charge in [0.2, 0.25) is 5.91 Å². The summed E-state index contributed by atoms with van der Waals surface area (Å²) in [6.45, 7) is 3.56. The fourth-order valence-corrected chi connectivity index (χ4v) is 4.45. The number of amides is 1. The Morgan fingerprint density at radius 1 is 1.43 bits per heavy atom. The van der Waals surface area contributed by atoms with Gasteiger partial charge in [0, 0.05) is 41.7 Å². The van der Waals surface area contributed by atoms with E-state index in [0.717, 1.165) is 30.3 Å². The molecule has 1 unspecified atom stereocenters. The summed E-state index contributed by atoms with van der Waals surface area (Å²) in [5, 5.41) is 3.08. The van der Waals surface area contributed by atoms with Gasteiger partial charge in [-0.2, -0.15) is 0 Å². The van der Waals surface area contributed by atoms with Gasteiger partial charge in [0.1, 0.15) is 0 Å². The molecule has 0 radical (unpaired) electrons. The van der Waals surface area contributed by atoms with E-state index in [2.05, 4.69) is 17.1 Å². The summed E-state index contributed by atoms with van der Waals surface area (Å²) in [6, 6.07) is 8.27. The summed E-state index contributed by atoms with van der Waals surface area (Å²) in [4.78, 5) is 20.3. The Kier molecular flexibility index (Phi) is 4.60. The van der Waals surface area contributed by atoms with Gasteiger partial charge in [0.05, 0.1) is 10.9 Å². The predicted molar refractivity (Wildman–Crippen MR) is 88.0 cm³/mol. The van der Waals surface area contributed by atoms with E-state index in [0.29, 0.717) is 0 Å². The molecule has 3 nitrogen and oxygen atoms in total. The van der Waals surface area contributed by atoms with Crippen LogP contribution in [0.15, 0.2) is 40.7 Å². The number of hydrogen-bond donors (Lipinski definition) is 0. The van der Waals surface area contributed by atoms with Crippen LogP contribution >= 0.6 is 23.1 Å². The van der Waals surface area contributed by atoms with Crippen LogP contribution in [0.4, 0.5) is 0 Å². The van der Waals surface area contributed by atoms with Gasteiger partial charge in [-0.05, 0) is 18.6 Å². The highest BCUT2D eigenvalue weighted by Gasteiger charge is 2.31. The lowest BCUT2D eigenvalue weighted by atomic mass is 10.00. The van der Waals surface area contributed by atoms with Crippen LogP contribution in [0.1, 0.15) is 23.4 Å². The van der Waals surface area contributed by atoms with Crippen molar-refractivity contribution in [3.8, 4) is 0 Å². The number of rotatable bonds is 5. The third-order valence-electron chi connectivity index (χ3n) is 3.77. The average molecular weight is 318 g/mol. The Balaban J connectivity index is 1.68. The summed E-state index contributed by atoms with van der Waals surface area (Å²) in [7, 11) is 0. The number of carbonyl (C=O) groups excluding carboxylic acids is 1. The van der Waals surface area contributed by atoms with Crippen LogP contribution in [0.25, 0.3) is 0 Å². The standard InChI is InChI=1S/C16H18N2OS2/c1-2-18(9-7-15-17-8-10-20-15)16(19)13-11-21-14-6-4-3-5-12(13)14/h3-6,8,10,13H,2,7,9,11H2,1H3. The molecule has 5 heteroatoms. The highest BCUT2D eigenvalue weighted by Crippen LogP contribution is 2.40. The largest absolute Gasteiger partial charge is 0.342 e. The van der Waals surface area contributed by atoms with E-state index in [1.54, 1.807) is 23.1 Å². The summed E-state index contributed by atoms with van der Waals surface area (Å²) in [5.41, 5.74) is 1.19. The highest BCUT2D eigenvalue weighted by molar-refractivity contribution is 7.99. The van der Waals surface area contributed by atoms with E-state index in [1.807, 2.05) is 35.5 Å². The number of fused-ring (bicyclic) bond motifs is 1. The van der Waals surface area contributed by atoms with Crippen molar-refractivity contribution in [3.05, 3.63) is 46.4 Å². The fourth-order valence-electron chi connectivity index (χ4n) is 2.62. The molecule has 0 saturated carbocycles. The van der Waals surface area contributed by atoms with Crippen LogP contribution in [0, 0.1) is 0 Å². The van der Waals surface area contributed by atoms with Crippen LogP contribution in [0.5, 0.6) is 0 Å². The van der Waals surface area contributed by atoms with Gasteiger partial charge in [-0.3, -0.25) is 4.79 Å². The maximum absolute atomic E-state index is 12.8. The molecule has 1 aromatic carbocycles. The lowest BCUT2D eigenvalue weighted by molar-refractivity contribution is -0.132. The number of likely N-dealkylation sites (N-methyl/N-ethyl adjacent to an activating group) is 1. The molecule has 1 atom stereocenters. The lowest BCUT2D eigenvalue weighted by Crippen LogP contribution is -2.36. The van der Waals surface area contributed by atoms with Gasteiger partial charge < -0.3 is 4.90 Å². The molecule has 1 aromatic heterocycles. The predicted octanol–water partition coefficient (Wildman–Crippen LogP) is 3.42. The second-order valence-electron chi connectivity index (χ2n) is 5.00. The maximum atomic E-state index is 12.8. The first-order chi connectivity index (χ1) is 10.3. The van der Waals surface area contributed by atoms with Crippen LogP contribution in [-0.4, -0.2) is 34.6 Å². The Morgan fingerprint density at radius 3 is 3.05 bits per heavy atom. The van der Waals surface area contributed by atoms with Crippen molar-refractivity contribution < 1.29 is 4.79 Å². The van der Waals surface area contributed by atoms with E-state index in [4.69, 9.17) is 0 Å². The molecular formula is C16H18N2OS2. The van der Waals surface area contributed by atoms with Crippen molar-refractivity contribution >= 4 is 29.0 Å². The molecule has 1 aliphatic rings. The van der Waals surface area contributed by atoms with Gasteiger partial charge in [-0.15, -0.1) is 23.1 Å². The molecule has 0 fully saturated rings. The molecule has 0 bridgehead atoms. The van der Waals surface area contributed by atoms with Gasteiger partial charge >= 0.3 is 0 Å². The molecule has 3 rings (SSSR count). The van der Waals surface area contributed by atoms with Crippen molar-refractivity contribution in [3.63, 3.8) is 0 Å². The normalized spacial score (nSPS) is 16.7. The number of benzene rings is 1. The molecule has 0 N–H and O–H groups in total. The third kappa shape index (κ3) is 3.14. The average Bonchev–Trinajstić information content (AvgIpc) is 3.17. The topological polar surface area (TPSA) is 33.2 Å². The minimum absolute atomic E-state index is 0.0162. The third-order valence-corrected chi connectivity index (χ3v) is 5.79. The van der Waals surface area contributed by atoms with Crippen molar-refractivity contribution in [2.45, 2.75) is 24.2 Å². The number of thiazole rings is 1. The molecule has 2 aromatic rings. The second kappa shape index (κ2) is 6.62. The van der Waals surface area contributed by atoms with E-state index < -0.39 is 0 Å². The van der Waals surface area contributed by atoms with E-state index in [9.17, 15) is 4.79 Å². The van der Waals surface area contributed by atoms with Crippen molar-refractivity contribution in [2.24, 2.45) is 0 Å². The molecule has 0 aliphatic carbocycles. The summed E-state index contributed by atoms with van der Waals surface area (Å²) < 4.78 is 0. The Labute approximate surface area is 133 Å². The van der Waals surface area contributed by atoms with Gasteiger partial charge in [-0.25, -0.2) is 4.98 Å². The second-order valence-corrected chi connectivity index (χ2v) is 7.04. The quantitative estimate of drug-likeness (QED) is 0.847. The van der Waals surface area contributed by atoms with Crippen molar-refractivity contribution in [1.82, 2.24) is 9.88 Å². The monoisotopic (exact) mass is 318 g/mol. The zero-order valence-corrected chi connectivity index (χ0v) is 13.6. The number of hydrogen-bond acceptors (Lipinski definition) is 4. The van der Waals surface area contributed by atoms with E-state index in [-0.39, 0.29) is 11.8 Å². The van der Waals surface area contributed by atoms with Gasteiger partial charge in [0.25, 0.3) is 0 Å².